The second-order valence-corrected chi connectivity index (χ2v) is 9.29. The van der Waals surface area contributed by atoms with Gasteiger partial charge in [0.15, 0.2) is 6.67 Å². The van der Waals surface area contributed by atoms with E-state index in [1.165, 1.54) is 35.4 Å². The van der Waals surface area contributed by atoms with Crippen LogP contribution in [0.5, 0.6) is 0 Å². The number of urea groups is 1. The third-order valence-electron chi connectivity index (χ3n) is 7.09. The Bertz CT molecular complexity index is 744. The highest BCUT2D eigenvalue weighted by atomic mass is 16.2. The van der Waals surface area contributed by atoms with Gasteiger partial charge in [0.1, 0.15) is 12.1 Å². The molecule has 1 aromatic carbocycles. The lowest BCUT2D eigenvalue weighted by atomic mass is 9.73. The van der Waals surface area contributed by atoms with Crippen molar-refractivity contribution in [3.05, 3.63) is 29.8 Å². The summed E-state index contributed by atoms with van der Waals surface area (Å²) in [7, 11) is 2.05. The average molecular weight is 400 g/mol. The normalized spacial score (nSPS) is 28.7. The Kier molecular flexibility index (Phi) is 5.81. The van der Waals surface area contributed by atoms with Crippen LogP contribution >= 0.6 is 0 Å². The van der Waals surface area contributed by atoms with E-state index in [0.29, 0.717) is 6.67 Å². The first-order valence-electron chi connectivity index (χ1n) is 11.3. The molecule has 2 heterocycles. The fourth-order valence-electron chi connectivity index (χ4n) is 5.29. The van der Waals surface area contributed by atoms with Gasteiger partial charge < -0.3 is 15.1 Å². The summed E-state index contributed by atoms with van der Waals surface area (Å²) < 4.78 is 0. The summed E-state index contributed by atoms with van der Waals surface area (Å²) in [6.07, 6.45) is 7.83. The van der Waals surface area contributed by atoms with E-state index in [1.807, 2.05) is 7.05 Å². The molecule has 1 unspecified atom stereocenters. The van der Waals surface area contributed by atoms with Crippen LogP contribution in [0.1, 0.15) is 57.4 Å². The first-order valence-corrected chi connectivity index (χ1v) is 11.3. The molecule has 2 N–H and O–H groups in total. The summed E-state index contributed by atoms with van der Waals surface area (Å²) in [4.78, 5) is 30.8. The van der Waals surface area contributed by atoms with Crippen molar-refractivity contribution < 1.29 is 14.5 Å². The molecule has 1 saturated carbocycles. The largest absolute Gasteiger partial charge is 0.372 e. The third kappa shape index (κ3) is 4.00. The summed E-state index contributed by atoms with van der Waals surface area (Å²) in [5.74, 6) is 0.190. The number of anilines is 1. The second-order valence-electron chi connectivity index (χ2n) is 9.29. The molecule has 3 atom stereocenters. The Morgan fingerprint density at radius 1 is 1.07 bits per heavy atom. The van der Waals surface area contributed by atoms with E-state index < -0.39 is 5.54 Å². The summed E-state index contributed by atoms with van der Waals surface area (Å²) in [5.41, 5.74) is 1.87. The maximum absolute atomic E-state index is 13.1. The number of nitrogens with one attached hydrogen (secondary N) is 2. The van der Waals surface area contributed by atoms with Gasteiger partial charge in [-0.3, -0.25) is 4.79 Å². The van der Waals surface area contributed by atoms with Gasteiger partial charge in [0, 0.05) is 24.3 Å². The lowest BCUT2D eigenvalue weighted by molar-refractivity contribution is -0.901. The van der Waals surface area contributed by atoms with Crippen LogP contribution in [0.15, 0.2) is 24.3 Å². The van der Waals surface area contributed by atoms with Crippen LogP contribution in [-0.2, 0) is 11.3 Å². The number of imide groups is 1. The molecule has 0 radical (unpaired) electrons. The minimum Gasteiger partial charge on any atom is -0.372 e. The highest BCUT2D eigenvalue weighted by Gasteiger charge is 2.55. The highest BCUT2D eigenvalue weighted by Crippen LogP contribution is 2.37. The fourth-order valence-corrected chi connectivity index (χ4v) is 5.29. The lowest BCUT2D eigenvalue weighted by Crippen LogP contribution is -3.09. The zero-order valence-corrected chi connectivity index (χ0v) is 17.9. The number of carbonyl (C=O) groups excluding carboxylic acids is 2. The van der Waals surface area contributed by atoms with Gasteiger partial charge in [-0.1, -0.05) is 31.9 Å². The first kappa shape index (κ1) is 20.2. The topological polar surface area (TPSA) is 57.1 Å². The van der Waals surface area contributed by atoms with Gasteiger partial charge >= 0.3 is 6.03 Å². The molecule has 4 rings (SSSR count). The molecule has 3 amide bonds. The number of benzene rings is 1. The molecule has 1 aliphatic carbocycles. The monoisotopic (exact) mass is 399 g/mol. The molecular weight excluding hydrogens is 364 g/mol. The van der Waals surface area contributed by atoms with Crippen LogP contribution in [0.25, 0.3) is 0 Å². The predicted octanol–water partition coefficient (Wildman–Crippen LogP) is 2.15. The quantitative estimate of drug-likeness (QED) is 0.746. The number of rotatable bonds is 5. The maximum Gasteiger partial charge on any atom is 0.329 e. The molecule has 6 heteroatoms. The van der Waals surface area contributed by atoms with Crippen LogP contribution in [0, 0.1) is 5.92 Å². The van der Waals surface area contributed by atoms with E-state index in [2.05, 4.69) is 41.4 Å². The Hall–Kier alpha value is -2.08. The van der Waals surface area contributed by atoms with Gasteiger partial charge in [-0.05, 0) is 50.2 Å². The van der Waals surface area contributed by atoms with Gasteiger partial charge in [0.2, 0.25) is 0 Å². The lowest BCUT2D eigenvalue weighted by Gasteiger charge is -2.36. The van der Waals surface area contributed by atoms with Gasteiger partial charge in [-0.15, -0.1) is 0 Å². The second kappa shape index (κ2) is 8.34. The van der Waals surface area contributed by atoms with Crippen LogP contribution in [0.4, 0.5) is 10.5 Å². The van der Waals surface area contributed by atoms with Crippen LogP contribution in [0.3, 0.4) is 0 Å². The summed E-state index contributed by atoms with van der Waals surface area (Å²) >= 11 is 0. The molecule has 0 bridgehead atoms. The van der Waals surface area contributed by atoms with Crippen molar-refractivity contribution in [3.8, 4) is 0 Å². The van der Waals surface area contributed by atoms with E-state index in [0.717, 1.165) is 50.2 Å². The van der Waals surface area contributed by atoms with Gasteiger partial charge in [0.25, 0.3) is 5.91 Å². The van der Waals surface area contributed by atoms with Crippen molar-refractivity contribution in [3.63, 3.8) is 0 Å². The zero-order valence-electron chi connectivity index (χ0n) is 17.9. The van der Waals surface area contributed by atoms with Crippen molar-refractivity contribution in [1.29, 1.82) is 0 Å². The summed E-state index contributed by atoms with van der Waals surface area (Å²) in [5, 5.41) is 3.05. The average Bonchev–Trinajstić information content (AvgIpc) is 2.96. The third-order valence-corrected chi connectivity index (χ3v) is 7.09. The number of carbonyl (C=O) groups is 2. The zero-order chi connectivity index (χ0) is 20.4. The van der Waals surface area contributed by atoms with E-state index >= 15 is 0 Å². The van der Waals surface area contributed by atoms with Crippen LogP contribution < -0.4 is 15.1 Å². The van der Waals surface area contributed by atoms with Crippen molar-refractivity contribution in [1.82, 2.24) is 10.2 Å². The van der Waals surface area contributed by atoms with Gasteiger partial charge in [-0.2, -0.15) is 0 Å². The fraction of sp³-hybridized carbons (Fsp3) is 0.652. The standard InChI is InChI=1S/C23H34N4O2/c1-18-8-4-5-13-23(18)21(28)27(22(29)24-23)17-25(2)16-19-9-11-20(12-10-19)26-14-6-3-7-15-26/h9-12,18H,3-8,13-17H2,1-2H3,(H,24,29)/p+1/t18-,23+/m0/s1. The summed E-state index contributed by atoms with van der Waals surface area (Å²) in [6.45, 7) is 5.60. The van der Waals surface area contributed by atoms with E-state index in [9.17, 15) is 9.59 Å². The molecule has 2 saturated heterocycles. The minimum atomic E-state index is -0.661. The molecule has 1 spiro atoms. The molecule has 3 fully saturated rings. The van der Waals surface area contributed by atoms with E-state index in [4.69, 9.17) is 0 Å². The molecule has 2 aliphatic heterocycles. The van der Waals surface area contributed by atoms with E-state index in [-0.39, 0.29) is 17.9 Å². The summed E-state index contributed by atoms with van der Waals surface area (Å²) in [6, 6.07) is 8.57. The van der Waals surface area contributed by atoms with Gasteiger partial charge in [-0.25, -0.2) is 9.69 Å². The number of amides is 3. The Morgan fingerprint density at radius 2 is 1.79 bits per heavy atom. The van der Waals surface area contributed by atoms with Crippen LogP contribution in [-0.4, -0.2) is 49.2 Å². The SMILES string of the molecule is C[C@H]1CCCC[C@@]12NC(=O)N(C[NH+](C)Cc1ccc(N3CCCCC3)cc1)C2=O. The molecule has 6 nitrogen and oxygen atoms in total. The Morgan fingerprint density at radius 3 is 2.48 bits per heavy atom. The number of quaternary nitrogens is 1. The molecule has 3 aliphatic rings. The van der Waals surface area contributed by atoms with Crippen LogP contribution in [0.2, 0.25) is 0 Å². The van der Waals surface area contributed by atoms with Crippen molar-refractivity contribution in [2.75, 3.05) is 31.7 Å². The molecule has 1 aromatic rings. The van der Waals surface area contributed by atoms with Crippen molar-refractivity contribution in [2.24, 2.45) is 5.92 Å². The highest BCUT2D eigenvalue weighted by molar-refractivity contribution is 6.07. The minimum absolute atomic E-state index is 0.0190. The molecule has 0 aromatic heterocycles. The van der Waals surface area contributed by atoms with Gasteiger partial charge in [0.05, 0.1) is 7.05 Å². The number of hydrogen-bond donors (Lipinski definition) is 2. The Labute approximate surface area is 174 Å². The van der Waals surface area contributed by atoms with Crippen molar-refractivity contribution in [2.45, 2.75) is 64.0 Å². The maximum atomic E-state index is 13.1. The van der Waals surface area contributed by atoms with E-state index in [1.54, 1.807) is 0 Å². The number of nitrogens with zero attached hydrogens (tertiary/aromatic N) is 2. The number of piperidine rings is 1. The smallest absolute Gasteiger partial charge is 0.329 e. The molecular formula is C23H35N4O2+. The molecule has 158 valence electrons. The predicted molar refractivity (Wildman–Crippen MR) is 114 cm³/mol. The molecule has 29 heavy (non-hydrogen) atoms. The first-order chi connectivity index (χ1) is 14.0. The number of hydrogen-bond acceptors (Lipinski definition) is 3. The van der Waals surface area contributed by atoms with Crippen molar-refractivity contribution >= 4 is 17.6 Å². The Balaban J connectivity index is 1.36.